The van der Waals surface area contributed by atoms with Crippen LogP contribution in [0.15, 0.2) is 18.2 Å². The molecule has 11 heteroatoms. The van der Waals surface area contributed by atoms with E-state index in [1.807, 2.05) is 41.8 Å². The van der Waals surface area contributed by atoms with E-state index < -0.39 is 6.04 Å². The highest BCUT2D eigenvalue weighted by molar-refractivity contribution is 5.99. The molecular formula is C32H55N5O6. The van der Waals surface area contributed by atoms with Gasteiger partial charge in [-0.15, -0.1) is 0 Å². The fourth-order valence-electron chi connectivity index (χ4n) is 5.00. The Morgan fingerprint density at radius 2 is 1.86 bits per heavy atom. The second-order valence-corrected chi connectivity index (χ2v) is 12.4. The maximum absolute atomic E-state index is 14.2. The van der Waals surface area contributed by atoms with E-state index in [0.717, 1.165) is 32.2 Å². The Hall–Kier alpha value is -2.89. The molecule has 4 atom stereocenters. The van der Waals surface area contributed by atoms with Crippen molar-refractivity contribution < 1.29 is 29.0 Å². The van der Waals surface area contributed by atoms with Gasteiger partial charge in [0.2, 0.25) is 5.91 Å². The lowest BCUT2D eigenvalue weighted by Crippen LogP contribution is -2.48. The van der Waals surface area contributed by atoms with E-state index >= 15 is 0 Å². The molecular weight excluding hydrogens is 550 g/mol. The van der Waals surface area contributed by atoms with Crippen LogP contribution >= 0.6 is 0 Å². The molecule has 1 aliphatic rings. The minimum absolute atomic E-state index is 0.0481. The number of anilines is 1. The summed E-state index contributed by atoms with van der Waals surface area (Å²) in [5.74, 6) is 0.0462. The van der Waals surface area contributed by atoms with Crippen molar-refractivity contribution in [2.75, 3.05) is 59.3 Å². The summed E-state index contributed by atoms with van der Waals surface area (Å²) in [5.41, 5.74) is 0.771. The average molecular weight is 606 g/mol. The molecule has 11 nitrogen and oxygen atoms in total. The number of urea groups is 1. The van der Waals surface area contributed by atoms with Gasteiger partial charge in [-0.05, 0) is 92.2 Å². The van der Waals surface area contributed by atoms with Crippen LogP contribution in [0, 0.1) is 5.92 Å². The summed E-state index contributed by atoms with van der Waals surface area (Å²) in [5, 5.41) is 15.7. The third-order valence-corrected chi connectivity index (χ3v) is 7.60. The first-order valence-corrected chi connectivity index (χ1v) is 15.6. The number of likely N-dealkylation sites (N-methyl/N-ethyl adjacent to an activating group) is 1. The zero-order valence-electron chi connectivity index (χ0n) is 27.5. The zero-order valence-corrected chi connectivity index (χ0v) is 27.5. The van der Waals surface area contributed by atoms with Crippen LogP contribution in [0.4, 0.5) is 10.5 Å². The van der Waals surface area contributed by atoms with E-state index in [1.165, 1.54) is 0 Å². The van der Waals surface area contributed by atoms with Crippen LogP contribution in [-0.2, 0) is 9.53 Å². The summed E-state index contributed by atoms with van der Waals surface area (Å²) < 4.78 is 12.6. The van der Waals surface area contributed by atoms with Gasteiger partial charge in [0.15, 0.2) is 0 Å². The largest absolute Gasteiger partial charge is 0.490 e. The number of nitrogens with zero attached hydrogens (tertiary/aromatic N) is 3. The highest BCUT2D eigenvalue weighted by Crippen LogP contribution is 2.28. The molecule has 0 bridgehead atoms. The SMILES string of the molecule is CC(C)NC(=O)Nc1ccc2c(c1)C(=O)N([C@H](C)CO)C[C@@H](C)[C@@H](CN(C)C(=O)CCCN(C)C)OCCCC[C@@H](C)O2. The van der Waals surface area contributed by atoms with E-state index in [1.54, 1.807) is 42.0 Å². The number of nitrogens with one attached hydrogen (secondary N) is 2. The molecule has 1 aromatic carbocycles. The molecule has 0 radical (unpaired) electrons. The van der Waals surface area contributed by atoms with Crippen LogP contribution in [0.2, 0.25) is 0 Å². The van der Waals surface area contributed by atoms with E-state index in [2.05, 4.69) is 15.5 Å². The monoisotopic (exact) mass is 605 g/mol. The van der Waals surface area contributed by atoms with Gasteiger partial charge in [-0.2, -0.15) is 0 Å². The number of rotatable bonds is 10. The smallest absolute Gasteiger partial charge is 0.319 e. The van der Waals surface area contributed by atoms with Crippen molar-refractivity contribution in [1.29, 1.82) is 0 Å². The summed E-state index contributed by atoms with van der Waals surface area (Å²) in [6.45, 7) is 11.4. The number of fused-ring (bicyclic) bond motifs is 1. The number of carbonyl (C=O) groups excluding carboxylic acids is 3. The lowest BCUT2D eigenvalue weighted by atomic mass is 10.0. The highest BCUT2D eigenvalue weighted by Gasteiger charge is 2.31. The third kappa shape index (κ3) is 12.3. The molecule has 0 aromatic heterocycles. The molecule has 0 spiro atoms. The molecule has 1 aliphatic heterocycles. The maximum atomic E-state index is 14.2. The summed E-state index contributed by atoms with van der Waals surface area (Å²) >= 11 is 0. The van der Waals surface area contributed by atoms with Gasteiger partial charge in [0.25, 0.3) is 5.91 Å². The second kappa shape index (κ2) is 18.0. The number of aliphatic hydroxyl groups excluding tert-OH is 1. The van der Waals surface area contributed by atoms with Gasteiger partial charge in [-0.1, -0.05) is 6.92 Å². The van der Waals surface area contributed by atoms with Crippen molar-refractivity contribution in [3.05, 3.63) is 23.8 Å². The second-order valence-electron chi connectivity index (χ2n) is 12.4. The topological polar surface area (TPSA) is 124 Å². The predicted octanol–water partition coefficient (Wildman–Crippen LogP) is 3.81. The Morgan fingerprint density at radius 3 is 2.51 bits per heavy atom. The molecule has 4 amide bonds. The first-order valence-electron chi connectivity index (χ1n) is 15.6. The minimum atomic E-state index is -0.486. The third-order valence-electron chi connectivity index (χ3n) is 7.60. The molecule has 43 heavy (non-hydrogen) atoms. The molecule has 0 aliphatic carbocycles. The fourth-order valence-corrected chi connectivity index (χ4v) is 5.00. The standard InChI is InChI=1S/C32H55N5O6/c1-22(2)33-32(41)34-26-14-15-28-27(18-26)31(40)37(24(4)21-38)19-23(3)29(42-17-10-9-12-25(5)43-28)20-36(8)30(39)13-11-16-35(6)7/h14-15,18,22-25,29,38H,9-13,16-17,19-21H2,1-8H3,(H2,33,34,41)/t23-,24-,25-,29-/m1/s1. The van der Waals surface area contributed by atoms with E-state index in [4.69, 9.17) is 9.47 Å². The number of amides is 4. The van der Waals surface area contributed by atoms with Crippen molar-refractivity contribution in [1.82, 2.24) is 20.0 Å². The van der Waals surface area contributed by atoms with Crippen molar-refractivity contribution in [3.8, 4) is 5.75 Å². The summed E-state index contributed by atoms with van der Waals surface area (Å²) in [6.07, 6.45) is 3.29. The maximum Gasteiger partial charge on any atom is 0.319 e. The minimum Gasteiger partial charge on any atom is -0.490 e. The van der Waals surface area contributed by atoms with Gasteiger partial charge in [0, 0.05) is 50.8 Å². The number of hydrogen-bond acceptors (Lipinski definition) is 7. The van der Waals surface area contributed by atoms with Crippen LogP contribution < -0.4 is 15.4 Å². The zero-order chi connectivity index (χ0) is 32.1. The molecule has 1 aromatic rings. The summed E-state index contributed by atoms with van der Waals surface area (Å²) in [7, 11) is 5.79. The quantitative estimate of drug-likeness (QED) is 0.371. The van der Waals surface area contributed by atoms with Crippen LogP contribution in [-0.4, -0.2) is 116 Å². The van der Waals surface area contributed by atoms with Crippen LogP contribution in [0.1, 0.15) is 77.1 Å². The Bertz CT molecular complexity index is 1040. The Morgan fingerprint density at radius 1 is 1.14 bits per heavy atom. The molecule has 0 saturated heterocycles. The first-order chi connectivity index (χ1) is 20.3. The number of benzene rings is 1. The summed E-state index contributed by atoms with van der Waals surface area (Å²) in [6, 6.07) is 4.17. The van der Waals surface area contributed by atoms with Gasteiger partial charge < -0.3 is 39.9 Å². The summed E-state index contributed by atoms with van der Waals surface area (Å²) in [4.78, 5) is 44.9. The normalized spacial score (nSPS) is 21.0. The molecule has 1 heterocycles. The predicted molar refractivity (Wildman–Crippen MR) is 170 cm³/mol. The van der Waals surface area contributed by atoms with Crippen LogP contribution in [0.25, 0.3) is 0 Å². The Balaban J connectivity index is 2.38. The van der Waals surface area contributed by atoms with E-state index in [0.29, 0.717) is 43.1 Å². The van der Waals surface area contributed by atoms with Crippen LogP contribution in [0.5, 0.6) is 5.75 Å². The van der Waals surface area contributed by atoms with Gasteiger partial charge in [0.05, 0.1) is 30.4 Å². The Labute approximate surface area is 258 Å². The molecule has 244 valence electrons. The molecule has 0 fully saturated rings. The van der Waals surface area contributed by atoms with Gasteiger partial charge in [-0.3, -0.25) is 9.59 Å². The fraction of sp³-hybridized carbons (Fsp3) is 0.719. The van der Waals surface area contributed by atoms with Crippen molar-refractivity contribution in [3.63, 3.8) is 0 Å². The van der Waals surface area contributed by atoms with E-state index in [9.17, 15) is 19.5 Å². The number of aliphatic hydroxyl groups is 1. The highest BCUT2D eigenvalue weighted by atomic mass is 16.5. The van der Waals surface area contributed by atoms with Gasteiger partial charge in [-0.25, -0.2) is 4.79 Å². The number of ether oxygens (including phenoxy) is 2. The van der Waals surface area contributed by atoms with E-state index in [-0.39, 0.29) is 48.6 Å². The van der Waals surface area contributed by atoms with Gasteiger partial charge >= 0.3 is 6.03 Å². The number of hydrogen-bond donors (Lipinski definition) is 3. The van der Waals surface area contributed by atoms with Crippen molar-refractivity contribution >= 4 is 23.5 Å². The van der Waals surface area contributed by atoms with Crippen LogP contribution in [0.3, 0.4) is 0 Å². The molecule has 0 saturated carbocycles. The first kappa shape index (κ1) is 36.3. The Kier molecular flexibility index (Phi) is 15.2. The molecule has 3 N–H and O–H groups in total. The van der Waals surface area contributed by atoms with Crippen molar-refractivity contribution in [2.24, 2.45) is 5.92 Å². The van der Waals surface area contributed by atoms with Crippen molar-refractivity contribution in [2.45, 2.75) is 91.0 Å². The molecule has 0 unspecified atom stereocenters. The number of carbonyl (C=O) groups is 3. The lowest BCUT2D eigenvalue weighted by Gasteiger charge is -2.36. The molecule has 2 rings (SSSR count). The average Bonchev–Trinajstić information content (AvgIpc) is 2.93. The lowest BCUT2D eigenvalue weighted by molar-refractivity contribution is -0.132. The van der Waals surface area contributed by atoms with Gasteiger partial charge in [0.1, 0.15) is 5.75 Å².